The molecule has 0 saturated heterocycles. The summed E-state index contributed by atoms with van der Waals surface area (Å²) in [5, 5.41) is 8.54. The lowest BCUT2D eigenvalue weighted by molar-refractivity contribution is -0.127. The molecule has 0 bridgehead atoms. The maximum absolute atomic E-state index is 10.8. The van der Waals surface area contributed by atoms with Crippen molar-refractivity contribution in [2.75, 3.05) is 0 Å². The summed E-state index contributed by atoms with van der Waals surface area (Å²) >= 11 is 0. The number of carbonyl (C=O) groups is 1. The topological polar surface area (TPSA) is 40.9 Å². The van der Waals surface area contributed by atoms with Crippen LogP contribution in [0.2, 0.25) is 0 Å². The molecular weight excluding hydrogens is 138 g/mol. The van der Waals surface area contributed by atoms with Crippen LogP contribution < -0.4 is 0 Å². The second-order valence-corrected chi connectivity index (χ2v) is 2.60. The van der Waals surface area contributed by atoms with Gasteiger partial charge in [0, 0.05) is 0 Å². The van der Waals surface area contributed by atoms with Gasteiger partial charge >= 0.3 is 0 Å². The van der Waals surface area contributed by atoms with Crippen LogP contribution in [0.5, 0.6) is 0 Å². The fourth-order valence-electron chi connectivity index (χ4n) is 1.07. The molecule has 0 aromatic carbocycles. The fraction of sp³-hybridized carbons (Fsp3) is 0.778. The normalized spacial score (nSPS) is 18.4. The summed E-state index contributed by atoms with van der Waals surface area (Å²) in [7, 11) is 0. The fourth-order valence-corrected chi connectivity index (χ4v) is 1.07. The highest BCUT2D eigenvalue weighted by atomic mass is 16.1. The van der Waals surface area contributed by atoms with Crippen LogP contribution in [0, 0.1) is 16.7 Å². The van der Waals surface area contributed by atoms with Crippen molar-refractivity contribution in [1.29, 1.82) is 5.26 Å². The number of rotatable bonds is 1. The van der Waals surface area contributed by atoms with Gasteiger partial charge in [-0.3, -0.25) is 4.79 Å². The summed E-state index contributed by atoms with van der Waals surface area (Å²) < 4.78 is 0. The lowest BCUT2D eigenvalue weighted by Gasteiger charge is -2.31. The molecular formula is C9H15NO. The number of hydrogen-bond acceptors (Lipinski definition) is 2. The molecule has 1 aliphatic carbocycles. The van der Waals surface area contributed by atoms with Gasteiger partial charge in [-0.05, 0) is 26.2 Å². The molecule has 1 aliphatic rings. The number of ketones is 1. The number of carbonyl (C=O) groups excluding carboxylic acids is 1. The Bertz CT molecular complexity index is 174. The van der Waals surface area contributed by atoms with E-state index in [0.717, 1.165) is 19.3 Å². The lowest BCUT2D eigenvalue weighted by atomic mass is 9.67. The predicted octanol–water partition coefficient (Wildman–Crippen LogP) is 2.30. The number of hydrogen-bond donors (Lipinski definition) is 0. The van der Waals surface area contributed by atoms with Crippen LogP contribution in [0.3, 0.4) is 0 Å². The molecule has 0 aromatic rings. The zero-order valence-electron chi connectivity index (χ0n) is 7.48. The lowest BCUT2D eigenvalue weighted by Crippen LogP contribution is -2.34. The van der Waals surface area contributed by atoms with E-state index in [9.17, 15) is 4.79 Å². The third-order valence-corrected chi connectivity index (χ3v) is 2.10. The van der Waals surface area contributed by atoms with E-state index >= 15 is 0 Å². The Kier molecular flexibility index (Phi) is 3.81. The second kappa shape index (κ2) is 4.12. The highest BCUT2D eigenvalue weighted by Crippen LogP contribution is 2.40. The number of Topliss-reactive ketones (excluding diaryl/α,β-unsaturated/α-hetero) is 1. The molecule has 1 saturated carbocycles. The molecule has 0 atom stereocenters. The monoisotopic (exact) mass is 153 g/mol. The first-order valence-electron chi connectivity index (χ1n) is 4.13. The molecule has 0 aromatic heterocycles. The van der Waals surface area contributed by atoms with Crippen LogP contribution in [0.15, 0.2) is 0 Å². The standard InChI is InChI=1S/C7H9NO.C2H6/c1-6(9)7(5-8)3-2-4-7;1-2/h2-4H2,1H3;1-2H3. The van der Waals surface area contributed by atoms with Gasteiger partial charge in [0.2, 0.25) is 0 Å². The van der Waals surface area contributed by atoms with Gasteiger partial charge in [0.05, 0.1) is 6.07 Å². The highest BCUT2D eigenvalue weighted by Gasteiger charge is 2.41. The van der Waals surface area contributed by atoms with Crippen LogP contribution in [0.4, 0.5) is 0 Å². The van der Waals surface area contributed by atoms with E-state index in [1.807, 2.05) is 13.8 Å². The van der Waals surface area contributed by atoms with E-state index in [-0.39, 0.29) is 5.78 Å². The van der Waals surface area contributed by atoms with Crippen molar-refractivity contribution in [1.82, 2.24) is 0 Å². The van der Waals surface area contributed by atoms with Crippen LogP contribution in [-0.4, -0.2) is 5.78 Å². The molecule has 0 amide bonds. The zero-order chi connectivity index (χ0) is 8.91. The van der Waals surface area contributed by atoms with Crippen LogP contribution >= 0.6 is 0 Å². The Balaban J connectivity index is 0.000000461. The molecule has 0 N–H and O–H groups in total. The first-order valence-corrected chi connectivity index (χ1v) is 4.13. The quantitative estimate of drug-likeness (QED) is 0.580. The Labute approximate surface area is 68.2 Å². The molecule has 0 spiro atoms. The predicted molar refractivity (Wildman–Crippen MR) is 43.9 cm³/mol. The molecule has 1 rings (SSSR count). The third-order valence-electron chi connectivity index (χ3n) is 2.10. The smallest absolute Gasteiger partial charge is 0.150 e. The van der Waals surface area contributed by atoms with Gasteiger partial charge in [0.25, 0.3) is 0 Å². The molecule has 0 heterocycles. The SMILES string of the molecule is CC.CC(=O)C1(C#N)CCC1. The van der Waals surface area contributed by atoms with Crippen molar-refractivity contribution >= 4 is 5.78 Å². The van der Waals surface area contributed by atoms with Gasteiger partial charge in [-0.2, -0.15) is 5.26 Å². The van der Waals surface area contributed by atoms with E-state index in [1.54, 1.807) is 0 Å². The zero-order valence-corrected chi connectivity index (χ0v) is 7.48. The van der Waals surface area contributed by atoms with Crippen molar-refractivity contribution in [3.05, 3.63) is 0 Å². The summed E-state index contributed by atoms with van der Waals surface area (Å²) in [6.45, 7) is 5.50. The largest absolute Gasteiger partial charge is 0.298 e. The minimum absolute atomic E-state index is 0.0382. The molecule has 0 aliphatic heterocycles. The van der Waals surface area contributed by atoms with Crippen LogP contribution in [-0.2, 0) is 4.79 Å². The maximum atomic E-state index is 10.8. The summed E-state index contributed by atoms with van der Waals surface area (Å²) in [5.41, 5.74) is -0.569. The molecule has 2 nitrogen and oxygen atoms in total. The van der Waals surface area contributed by atoms with Crippen molar-refractivity contribution in [3.63, 3.8) is 0 Å². The summed E-state index contributed by atoms with van der Waals surface area (Å²) in [4.78, 5) is 10.8. The average Bonchev–Trinajstić information content (AvgIpc) is 1.90. The van der Waals surface area contributed by atoms with E-state index in [4.69, 9.17) is 5.26 Å². The molecule has 62 valence electrons. The summed E-state index contributed by atoms with van der Waals surface area (Å²) in [6.07, 6.45) is 2.59. The van der Waals surface area contributed by atoms with Gasteiger partial charge in [0.1, 0.15) is 11.2 Å². The van der Waals surface area contributed by atoms with Gasteiger partial charge in [-0.1, -0.05) is 13.8 Å². The molecule has 0 radical (unpaired) electrons. The first kappa shape index (κ1) is 10.2. The van der Waals surface area contributed by atoms with E-state index < -0.39 is 5.41 Å². The molecule has 1 fully saturated rings. The molecule has 0 unspecified atom stereocenters. The Morgan fingerprint density at radius 2 is 1.91 bits per heavy atom. The van der Waals surface area contributed by atoms with Gasteiger partial charge in [-0.25, -0.2) is 0 Å². The maximum Gasteiger partial charge on any atom is 0.150 e. The van der Waals surface area contributed by atoms with E-state index in [2.05, 4.69) is 6.07 Å². The molecule has 2 heteroatoms. The second-order valence-electron chi connectivity index (χ2n) is 2.60. The highest BCUT2D eigenvalue weighted by molar-refractivity contribution is 5.86. The minimum Gasteiger partial charge on any atom is -0.298 e. The van der Waals surface area contributed by atoms with E-state index in [0.29, 0.717) is 0 Å². The van der Waals surface area contributed by atoms with Crippen molar-refractivity contribution in [2.45, 2.75) is 40.0 Å². The first-order chi connectivity index (χ1) is 5.21. The van der Waals surface area contributed by atoms with Crippen molar-refractivity contribution in [3.8, 4) is 6.07 Å². The number of nitriles is 1. The summed E-state index contributed by atoms with van der Waals surface area (Å²) in [5.74, 6) is 0.0382. The van der Waals surface area contributed by atoms with Gasteiger partial charge in [0.15, 0.2) is 0 Å². The van der Waals surface area contributed by atoms with Crippen molar-refractivity contribution in [2.24, 2.45) is 5.41 Å². The van der Waals surface area contributed by atoms with Crippen molar-refractivity contribution < 1.29 is 4.79 Å². The van der Waals surface area contributed by atoms with Gasteiger partial charge < -0.3 is 0 Å². The van der Waals surface area contributed by atoms with Gasteiger partial charge in [-0.15, -0.1) is 0 Å². The Morgan fingerprint density at radius 1 is 1.45 bits per heavy atom. The molecule has 11 heavy (non-hydrogen) atoms. The Morgan fingerprint density at radius 3 is 1.91 bits per heavy atom. The number of nitrogens with zero attached hydrogens (tertiary/aromatic N) is 1. The minimum atomic E-state index is -0.569. The average molecular weight is 153 g/mol. The Hall–Kier alpha value is -0.840. The van der Waals surface area contributed by atoms with E-state index in [1.165, 1.54) is 6.92 Å². The van der Waals surface area contributed by atoms with Crippen LogP contribution in [0.1, 0.15) is 40.0 Å². The van der Waals surface area contributed by atoms with Crippen LogP contribution in [0.25, 0.3) is 0 Å². The third kappa shape index (κ3) is 1.80. The summed E-state index contributed by atoms with van der Waals surface area (Å²) in [6, 6.07) is 2.06.